The molecule has 1 N–H and O–H groups in total. The van der Waals surface area contributed by atoms with Crippen LogP contribution in [0.5, 0.6) is 0 Å². The van der Waals surface area contributed by atoms with Crippen LogP contribution in [0.2, 0.25) is 0 Å². The van der Waals surface area contributed by atoms with Gasteiger partial charge < -0.3 is 14.7 Å². The molecule has 0 radical (unpaired) electrons. The van der Waals surface area contributed by atoms with Gasteiger partial charge in [-0.3, -0.25) is 4.90 Å². The van der Waals surface area contributed by atoms with Gasteiger partial charge in [0.2, 0.25) is 0 Å². The van der Waals surface area contributed by atoms with Crippen molar-refractivity contribution in [3.05, 3.63) is 47.3 Å². The normalized spacial score (nSPS) is 24.6. The molecular formula is C24H32F3N3O4S2. The maximum Gasteiger partial charge on any atom is 0.421 e. The minimum Gasteiger partial charge on any atom is -0.378 e. The molecule has 200 valence electrons. The first-order chi connectivity index (χ1) is 16.9. The van der Waals surface area contributed by atoms with Crippen molar-refractivity contribution in [3.8, 4) is 0 Å². The highest BCUT2D eigenvalue weighted by Gasteiger charge is 2.51. The smallest absolute Gasteiger partial charge is 0.378 e. The van der Waals surface area contributed by atoms with Gasteiger partial charge in [0.1, 0.15) is 4.21 Å². The summed E-state index contributed by atoms with van der Waals surface area (Å²) in [5.41, 5.74) is -2.51. The number of piperazine rings is 1. The van der Waals surface area contributed by atoms with E-state index in [1.807, 2.05) is 0 Å². The van der Waals surface area contributed by atoms with Crippen molar-refractivity contribution in [2.24, 2.45) is 0 Å². The predicted octanol–water partition coefficient (Wildman–Crippen LogP) is 3.51. The molecule has 2 aliphatic rings. The SMILES string of the molecule is CC[C@H]1COCCN1C[C@H]1CN(S(=O)(=O)c2cccs2)CCN1c1ccc([C@](C)(O)C(F)(F)F)cc1. The van der Waals surface area contributed by atoms with Gasteiger partial charge in [-0.05, 0) is 42.5 Å². The van der Waals surface area contributed by atoms with E-state index in [1.54, 1.807) is 29.6 Å². The number of ether oxygens (including phenoxy) is 1. The molecule has 1 aromatic carbocycles. The molecule has 2 aliphatic heterocycles. The summed E-state index contributed by atoms with van der Waals surface area (Å²) in [5.74, 6) is 0. The molecule has 3 atom stereocenters. The Morgan fingerprint density at radius 1 is 1.11 bits per heavy atom. The Morgan fingerprint density at radius 2 is 1.83 bits per heavy atom. The van der Waals surface area contributed by atoms with Crippen molar-refractivity contribution in [3.63, 3.8) is 0 Å². The Bertz CT molecular complexity index is 1110. The van der Waals surface area contributed by atoms with Gasteiger partial charge in [0.15, 0.2) is 5.60 Å². The van der Waals surface area contributed by atoms with E-state index in [1.165, 1.54) is 27.8 Å². The zero-order chi connectivity index (χ0) is 26.1. The first kappa shape index (κ1) is 27.3. The Kier molecular flexibility index (Phi) is 8.04. The standard InChI is InChI=1S/C24H32F3N3O4S2/c1-3-19-17-34-13-12-28(19)15-21-16-29(36(32,33)22-5-4-14-35-22)10-11-30(21)20-8-6-18(7-9-20)23(2,31)24(25,26)27/h4-9,14,19,21,31H,3,10-13,15-17H2,1-2H3/t19-,21-,23-/m0/s1. The Labute approximate surface area is 214 Å². The van der Waals surface area contributed by atoms with Crippen LogP contribution in [0.3, 0.4) is 0 Å². The third-order valence-electron chi connectivity index (χ3n) is 7.11. The molecule has 2 aromatic rings. The Morgan fingerprint density at radius 3 is 2.44 bits per heavy atom. The van der Waals surface area contributed by atoms with Gasteiger partial charge in [0, 0.05) is 44.5 Å². The zero-order valence-electron chi connectivity index (χ0n) is 20.3. The van der Waals surface area contributed by atoms with Crippen molar-refractivity contribution in [1.82, 2.24) is 9.21 Å². The molecule has 12 heteroatoms. The maximum absolute atomic E-state index is 13.3. The molecule has 7 nitrogen and oxygen atoms in total. The summed E-state index contributed by atoms with van der Waals surface area (Å²) in [6.45, 7) is 6.28. The van der Waals surface area contributed by atoms with Crippen molar-refractivity contribution in [1.29, 1.82) is 0 Å². The van der Waals surface area contributed by atoms with Crippen LogP contribution >= 0.6 is 11.3 Å². The van der Waals surface area contributed by atoms with Gasteiger partial charge in [-0.1, -0.05) is 25.1 Å². The zero-order valence-corrected chi connectivity index (χ0v) is 21.9. The molecule has 0 bridgehead atoms. The quantitative estimate of drug-likeness (QED) is 0.572. The summed E-state index contributed by atoms with van der Waals surface area (Å²) >= 11 is 1.18. The number of sulfonamides is 1. The molecule has 0 spiro atoms. The number of hydrogen-bond acceptors (Lipinski definition) is 7. The van der Waals surface area contributed by atoms with Crippen LogP contribution in [0.1, 0.15) is 25.8 Å². The summed E-state index contributed by atoms with van der Waals surface area (Å²) in [4.78, 5) is 4.37. The third kappa shape index (κ3) is 5.44. The lowest BCUT2D eigenvalue weighted by atomic mass is 9.95. The summed E-state index contributed by atoms with van der Waals surface area (Å²) in [6.07, 6.45) is -3.91. The molecule has 2 saturated heterocycles. The van der Waals surface area contributed by atoms with Gasteiger partial charge in [-0.25, -0.2) is 8.42 Å². The first-order valence-corrected chi connectivity index (χ1v) is 14.3. The molecule has 36 heavy (non-hydrogen) atoms. The van der Waals surface area contributed by atoms with E-state index in [0.29, 0.717) is 36.2 Å². The van der Waals surface area contributed by atoms with Crippen molar-refractivity contribution in [2.75, 3.05) is 50.8 Å². The van der Waals surface area contributed by atoms with Crippen LogP contribution in [0.15, 0.2) is 46.0 Å². The topological polar surface area (TPSA) is 73.3 Å². The van der Waals surface area contributed by atoms with Crippen LogP contribution in [0.25, 0.3) is 0 Å². The van der Waals surface area contributed by atoms with Gasteiger partial charge in [0.05, 0.1) is 19.3 Å². The van der Waals surface area contributed by atoms with E-state index >= 15 is 0 Å². The van der Waals surface area contributed by atoms with Crippen LogP contribution in [-0.4, -0.2) is 86.9 Å². The van der Waals surface area contributed by atoms with Crippen LogP contribution < -0.4 is 4.90 Å². The van der Waals surface area contributed by atoms with Crippen molar-refractivity contribution >= 4 is 27.0 Å². The molecule has 3 heterocycles. The fourth-order valence-electron chi connectivity index (χ4n) is 4.80. The van der Waals surface area contributed by atoms with Crippen LogP contribution in [-0.2, 0) is 20.4 Å². The number of anilines is 1. The monoisotopic (exact) mass is 547 g/mol. The highest BCUT2D eigenvalue weighted by Crippen LogP contribution is 2.39. The number of aliphatic hydroxyl groups is 1. The van der Waals surface area contributed by atoms with Crippen LogP contribution in [0.4, 0.5) is 18.9 Å². The average molecular weight is 548 g/mol. The van der Waals surface area contributed by atoms with E-state index in [4.69, 9.17) is 4.74 Å². The number of thiophene rings is 1. The maximum atomic E-state index is 13.3. The number of nitrogens with zero attached hydrogens (tertiary/aromatic N) is 3. The average Bonchev–Trinajstić information content (AvgIpc) is 3.40. The first-order valence-electron chi connectivity index (χ1n) is 12.0. The molecule has 0 amide bonds. The van der Waals surface area contributed by atoms with E-state index in [-0.39, 0.29) is 30.7 Å². The Balaban J connectivity index is 1.61. The minimum absolute atomic E-state index is 0.213. The lowest BCUT2D eigenvalue weighted by Crippen LogP contribution is -2.60. The van der Waals surface area contributed by atoms with E-state index in [9.17, 15) is 26.7 Å². The Hall–Kier alpha value is -1.70. The third-order valence-corrected chi connectivity index (χ3v) is 10.4. The molecule has 0 saturated carbocycles. The summed E-state index contributed by atoms with van der Waals surface area (Å²) in [5, 5.41) is 11.8. The van der Waals surface area contributed by atoms with Gasteiger partial charge in [-0.15, -0.1) is 11.3 Å². The summed E-state index contributed by atoms with van der Waals surface area (Å²) in [7, 11) is -3.64. The molecule has 4 rings (SSSR count). The molecule has 2 fully saturated rings. The fourth-order valence-corrected chi connectivity index (χ4v) is 7.41. The van der Waals surface area contributed by atoms with E-state index < -0.39 is 21.8 Å². The van der Waals surface area contributed by atoms with Crippen molar-refractivity contribution < 1.29 is 31.4 Å². The number of halogens is 3. The second kappa shape index (κ2) is 10.6. The number of alkyl halides is 3. The largest absolute Gasteiger partial charge is 0.421 e. The number of rotatable bonds is 7. The number of hydrogen-bond donors (Lipinski definition) is 1. The van der Waals surface area contributed by atoms with Crippen molar-refractivity contribution in [2.45, 2.75) is 48.3 Å². The highest BCUT2D eigenvalue weighted by atomic mass is 32.2. The molecule has 0 aliphatic carbocycles. The van der Waals surface area contributed by atoms with Gasteiger partial charge >= 0.3 is 6.18 Å². The molecular weight excluding hydrogens is 515 g/mol. The van der Waals surface area contributed by atoms with Gasteiger partial charge in [0.25, 0.3) is 10.0 Å². The highest BCUT2D eigenvalue weighted by molar-refractivity contribution is 7.91. The number of morpholine rings is 1. The van der Waals surface area contributed by atoms with E-state index in [0.717, 1.165) is 19.9 Å². The minimum atomic E-state index is -4.80. The summed E-state index contributed by atoms with van der Waals surface area (Å²) < 4.78 is 73.8. The van der Waals surface area contributed by atoms with E-state index in [2.05, 4.69) is 16.7 Å². The number of benzene rings is 1. The van der Waals surface area contributed by atoms with Crippen LogP contribution in [0, 0.1) is 0 Å². The lowest BCUT2D eigenvalue weighted by molar-refractivity contribution is -0.258. The van der Waals surface area contributed by atoms with Gasteiger partial charge in [-0.2, -0.15) is 17.5 Å². The lowest BCUT2D eigenvalue weighted by Gasteiger charge is -2.46. The second-order valence-corrected chi connectivity index (χ2v) is 12.5. The second-order valence-electron chi connectivity index (χ2n) is 9.39. The summed E-state index contributed by atoms with van der Waals surface area (Å²) in [6, 6.07) is 9.04. The molecule has 0 unspecified atom stereocenters. The predicted molar refractivity (Wildman–Crippen MR) is 133 cm³/mol. The molecule has 1 aromatic heterocycles. The fraction of sp³-hybridized carbons (Fsp3) is 0.583.